The van der Waals surface area contributed by atoms with E-state index in [1.54, 1.807) is 13.8 Å². The predicted octanol–water partition coefficient (Wildman–Crippen LogP) is 4.14. The van der Waals surface area contributed by atoms with Crippen molar-refractivity contribution in [2.24, 2.45) is 0 Å². The molecule has 114 valence electrons. The van der Waals surface area contributed by atoms with Crippen molar-refractivity contribution < 1.29 is 12.8 Å². The van der Waals surface area contributed by atoms with Gasteiger partial charge in [0, 0.05) is 22.6 Å². The molecule has 0 heterocycles. The lowest BCUT2D eigenvalue weighted by Crippen LogP contribution is -2.44. The Hall–Kier alpha value is -0.170. The molecule has 1 aromatic rings. The summed E-state index contributed by atoms with van der Waals surface area (Å²) in [7, 11) is -2.47. The van der Waals surface area contributed by atoms with E-state index in [1.165, 1.54) is 23.5 Å². The van der Waals surface area contributed by atoms with Crippen LogP contribution in [-0.4, -0.2) is 25.3 Å². The van der Waals surface area contributed by atoms with E-state index >= 15 is 0 Å². The molecule has 0 fully saturated rings. The molecule has 3 nitrogen and oxygen atoms in total. The predicted molar refractivity (Wildman–Crippen MR) is 83.0 cm³/mol. The van der Waals surface area contributed by atoms with Gasteiger partial charge in [0.1, 0.15) is 10.7 Å². The third-order valence-corrected chi connectivity index (χ3v) is 6.39. The molecule has 1 aromatic carbocycles. The Morgan fingerprint density at radius 1 is 1.40 bits per heavy atom. The Morgan fingerprint density at radius 2 is 1.95 bits per heavy atom. The second-order valence-electron chi connectivity index (χ2n) is 5.15. The lowest BCUT2D eigenvalue weighted by molar-refractivity contribution is 0.256. The monoisotopic (exact) mass is 385 g/mol. The molecule has 7 heteroatoms. The largest absolute Gasteiger partial charge is 0.246 e. The zero-order chi connectivity index (χ0) is 15.7. The Kier molecular flexibility index (Phi) is 5.63. The summed E-state index contributed by atoms with van der Waals surface area (Å²) < 4.78 is 41.2. The van der Waals surface area contributed by atoms with Gasteiger partial charge in [-0.2, -0.15) is 4.31 Å². The van der Waals surface area contributed by atoms with Crippen LogP contribution in [0.3, 0.4) is 0 Å². The van der Waals surface area contributed by atoms with Crippen LogP contribution in [0.25, 0.3) is 0 Å². The molecule has 0 spiro atoms. The van der Waals surface area contributed by atoms with Gasteiger partial charge in [-0.15, -0.1) is 11.6 Å². The van der Waals surface area contributed by atoms with Gasteiger partial charge in [0.25, 0.3) is 0 Å². The zero-order valence-corrected chi connectivity index (χ0v) is 15.0. The molecule has 0 unspecified atom stereocenters. The summed E-state index contributed by atoms with van der Waals surface area (Å²) in [5, 5.41) is 0. The quantitative estimate of drug-likeness (QED) is 0.713. The number of nitrogens with zero attached hydrogens (tertiary/aromatic N) is 1. The van der Waals surface area contributed by atoms with Gasteiger partial charge in [-0.05, 0) is 32.4 Å². The van der Waals surface area contributed by atoms with Gasteiger partial charge in [0.2, 0.25) is 10.0 Å². The van der Waals surface area contributed by atoms with E-state index in [1.807, 2.05) is 6.92 Å². The first-order chi connectivity index (χ1) is 9.07. The SMILES string of the molecule is CCC(C)(C)N(C)S(=O)(=O)c1cc(Br)cc(CCl)c1F. The van der Waals surface area contributed by atoms with Crippen LogP contribution in [0.5, 0.6) is 0 Å². The van der Waals surface area contributed by atoms with Gasteiger partial charge in [-0.3, -0.25) is 0 Å². The summed E-state index contributed by atoms with van der Waals surface area (Å²) in [5.74, 6) is -0.878. The number of rotatable bonds is 5. The minimum Gasteiger partial charge on any atom is -0.207 e. The molecule has 0 saturated carbocycles. The van der Waals surface area contributed by atoms with E-state index in [2.05, 4.69) is 15.9 Å². The zero-order valence-electron chi connectivity index (χ0n) is 11.9. The number of halogens is 3. The molecule has 0 atom stereocenters. The average Bonchev–Trinajstić information content (AvgIpc) is 2.39. The Balaban J connectivity index is 3.48. The fourth-order valence-electron chi connectivity index (χ4n) is 1.60. The van der Waals surface area contributed by atoms with Crippen molar-refractivity contribution in [2.45, 2.75) is 43.5 Å². The van der Waals surface area contributed by atoms with Crippen LogP contribution >= 0.6 is 27.5 Å². The van der Waals surface area contributed by atoms with Gasteiger partial charge >= 0.3 is 0 Å². The van der Waals surface area contributed by atoms with Gasteiger partial charge in [-0.25, -0.2) is 12.8 Å². The topological polar surface area (TPSA) is 37.4 Å². The molecule has 0 N–H and O–H groups in total. The minimum absolute atomic E-state index is 0.0886. The maximum absolute atomic E-state index is 14.3. The third-order valence-electron chi connectivity index (χ3n) is 3.58. The summed E-state index contributed by atoms with van der Waals surface area (Å²) in [6.07, 6.45) is 0.612. The number of sulfonamides is 1. The molecular formula is C13H18BrClFNO2S. The summed E-state index contributed by atoms with van der Waals surface area (Å²) in [4.78, 5) is -0.355. The summed E-state index contributed by atoms with van der Waals surface area (Å²) in [5.41, 5.74) is -0.448. The fourth-order valence-corrected chi connectivity index (χ4v) is 4.16. The molecule has 0 saturated heterocycles. The number of benzene rings is 1. The Bertz CT molecular complexity index is 605. The number of alkyl halides is 1. The number of hydrogen-bond donors (Lipinski definition) is 0. The first kappa shape index (κ1) is 17.9. The maximum atomic E-state index is 14.3. The molecule has 0 aliphatic heterocycles. The van der Waals surface area contributed by atoms with Crippen LogP contribution in [0.4, 0.5) is 4.39 Å². The van der Waals surface area contributed by atoms with Crippen LogP contribution in [0.2, 0.25) is 0 Å². The van der Waals surface area contributed by atoms with E-state index in [-0.39, 0.29) is 16.3 Å². The second kappa shape index (κ2) is 6.30. The molecule has 0 aliphatic rings. The second-order valence-corrected chi connectivity index (χ2v) is 8.27. The van der Waals surface area contributed by atoms with Crippen LogP contribution in [0.15, 0.2) is 21.5 Å². The first-order valence-corrected chi connectivity index (χ1v) is 8.87. The van der Waals surface area contributed by atoms with Crippen molar-refractivity contribution in [3.8, 4) is 0 Å². The van der Waals surface area contributed by atoms with E-state index < -0.39 is 21.4 Å². The molecular weight excluding hydrogens is 369 g/mol. The van der Waals surface area contributed by atoms with Crippen molar-refractivity contribution in [1.82, 2.24) is 4.31 Å². The molecule has 0 radical (unpaired) electrons. The minimum atomic E-state index is -3.92. The average molecular weight is 387 g/mol. The molecule has 0 aliphatic carbocycles. The maximum Gasteiger partial charge on any atom is 0.246 e. The van der Waals surface area contributed by atoms with Crippen molar-refractivity contribution in [3.63, 3.8) is 0 Å². The van der Waals surface area contributed by atoms with E-state index in [0.29, 0.717) is 10.9 Å². The highest BCUT2D eigenvalue weighted by molar-refractivity contribution is 9.10. The lowest BCUT2D eigenvalue weighted by Gasteiger charge is -2.33. The highest BCUT2D eigenvalue weighted by Crippen LogP contribution is 2.30. The lowest BCUT2D eigenvalue weighted by atomic mass is 10.0. The van der Waals surface area contributed by atoms with E-state index in [9.17, 15) is 12.8 Å². The molecule has 0 bridgehead atoms. The third kappa shape index (κ3) is 3.35. The van der Waals surface area contributed by atoms with Crippen LogP contribution in [0.1, 0.15) is 32.8 Å². The van der Waals surface area contributed by atoms with Crippen LogP contribution < -0.4 is 0 Å². The van der Waals surface area contributed by atoms with E-state index in [0.717, 1.165) is 0 Å². The van der Waals surface area contributed by atoms with E-state index in [4.69, 9.17) is 11.6 Å². The Labute approximate surface area is 133 Å². The highest BCUT2D eigenvalue weighted by atomic mass is 79.9. The Morgan fingerprint density at radius 3 is 2.40 bits per heavy atom. The first-order valence-electron chi connectivity index (χ1n) is 6.10. The molecule has 1 rings (SSSR count). The molecule has 0 aromatic heterocycles. The summed E-state index contributed by atoms with van der Waals surface area (Å²) in [6.45, 7) is 5.47. The van der Waals surface area contributed by atoms with Crippen molar-refractivity contribution in [3.05, 3.63) is 28.0 Å². The highest BCUT2D eigenvalue weighted by Gasteiger charge is 2.35. The van der Waals surface area contributed by atoms with Crippen molar-refractivity contribution in [2.75, 3.05) is 7.05 Å². The molecule has 0 amide bonds. The summed E-state index contributed by atoms with van der Waals surface area (Å²) >= 11 is 8.84. The fraction of sp³-hybridized carbons (Fsp3) is 0.538. The van der Waals surface area contributed by atoms with Crippen molar-refractivity contribution in [1.29, 1.82) is 0 Å². The van der Waals surface area contributed by atoms with Gasteiger partial charge in [0.05, 0.1) is 5.88 Å². The van der Waals surface area contributed by atoms with Gasteiger partial charge < -0.3 is 0 Å². The normalized spacial score (nSPS) is 13.0. The van der Waals surface area contributed by atoms with Gasteiger partial charge in [0.15, 0.2) is 0 Å². The smallest absolute Gasteiger partial charge is 0.207 e. The summed E-state index contributed by atoms with van der Waals surface area (Å²) in [6, 6.07) is 2.75. The van der Waals surface area contributed by atoms with Crippen molar-refractivity contribution >= 4 is 37.6 Å². The van der Waals surface area contributed by atoms with Gasteiger partial charge in [-0.1, -0.05) is 22.9 Å². The standard InChI is InChI=1S/C13H18BrClFNO2S/c1-5-13(2,3)17(4)20(18,19)11-7-10(14)6-9(8-15)12(11)16/h6-7H,5,8H2,1-4H3. The van der Waals surface area contributed by atoms with Crippen LogP contribution in [-0.2, 0) is 15.9 Å². The molecule has 20 heavy (non-hydrogen) atoms. The number of hydrogen-bond acceptors (Lipinski definition) is 2. The van der Waals surface area contributed by atoms with Crippen LogP contribution in [0, 0.1) is 5.82 Å².